The largest absolute Gasteiger partial charge is 0.457 e. The fourth-order valence-electron chi connectivity index (χ4n) is 11.6. The number of fused-ring (bicyclic) bond motifs is 3. The zero-order valence-corrected chi connectivity index (χ0v) is 46.5. The molecule has 13 rings (SSSR count). The van der Waals surface area contributed by atoms with Crippen LogP contribution in [0.5, 0.6) is 11.5 Å². The predicted octanol–water partition coefficient (Wildman–Crippen LogP) is 16.9. The van der Waals surface area contributed by atoms with E-state index in [2.05, 4.69) is 151 Å². The fraction of sp³-hybridized carbons (Fsp3) is 0.122. The van der Waals surface area contributed by atoms with Crippen molar-refractivity contribution in [1.82, 2.24) is 4.98 Å². The molecule has 0 saturated heterocycles. The molecule has 1 aromatic heterocycles. The first kappa shape index (κ1) is 40.0. The second-order valence-corrected chi connectivity index (χ2v) is 26.2. The number of ether oxygens (including phenoxy) is 1. The molecular weight excluding hydrogens is 989 g/mol. The van der Waals surface area contributed by atoms with Crippen molar-refractivity contribution >= 4 is 68.8 Å². The van der Waals surface area contributed by atoms with Gasteiger partial charge in [-0.1, -0.05) is 235 Å². The number of aromatic nitrogens is 1. The van der Waals surface area contributed by atoms with Gasteiger partial charge in [-0.25, -0.2) is 4.98 Å². The summed E-state index contributed by atoms with van der Waals surface area (Å²) in [7, 11) is -3.04. The van der Waals surface area contributed by atoms with Crippen LogP contribution >= 0.6 is 0 Å². The van der Waals surface area contributed by atoms with E-state index in [0.717, 1.165) is 45.4 Å². The third-order valence-electron chi connectivity index (χ3n) is 15.5. The van der Waals surface area contributed by atoms with Crippen molar-refractivity contribution < 1.29 is 18.4 Å². The number of para-hydroxylation sites is 4. The normalized spacial score (nSPS) is 15.3. The van der Waals surface area contributed by atoms with E-state index in [1.165, 1.54) is 20.7 Å². The van der Waals surface area contributed by atoms with E-state index in [4.69, 9.17) is 20.7 Å². The summed E-state index contributed by atoms with van der Waals surface area (Å²) in [5.74, 6) is 1.99. The van der Waals surface area contributed by atoms with Gasteiger partial charge in [0.05, 0.1) is 36.5 Å². The van der Waals surface area contributed by atoms with Crippen LogP contribution in [0.3, 0.4) is 0 Å². The quantitative estimate of drug-likeness (QED) is 0.127. The molecule has 0 N–H and O–H groups in total. The zero-order chi connectivity index (χ0) is 63.3. The number of anilines is 7. The minimum atomic E-state index is -3.04. The summed E-state index contributed by atoms with van der Waals surface area (Å²) in [6, 6.07) is 64.1. The molecule has 0 amide bonds. The molecule has 0 aliphatic carbocycles. The van der Waals surface area contributed by atoms with Crippen molar-refractivity contribution in [1.29, 1.82) is 0 Å². The highest BCUT2D eigenvalue weighted by atomic mass is 28.3. The Balaban J connectivity index is 0.962. The standard InChI is InChI=1S/C74H64N4OSi/c1-73(2,3)56-43-44-75-71(48-56)78-67-39-21-22-40-69(67)80(61-31-15-9-16-32-61,62-33-17-10-18-34-62)70-42-41-60(50-68(70)78)79-59-30-23-29-58(49-59)76-51-77(66-38-20-19-37-65(66)76)72-63(53-27-13-8-14-28-53)35-24-36-64(72)55-45-54(52-25-11-7-12-26-52)46-57(47-55)74(4,5)6/h7-50H,51H2,1-6H3/i7D,8D,11D,12D,13D,14D,25D,26D,27D,28D. The summed E-state index contributed by atoms with van der Waals surface area (Å²) in [5.41, 5.74) is 8.34. The molecule has 2 aliphatic rings. The number of nitrogens with zero attached hydrogens (tertiary/aromatic N) is 4. The van der Waals surface area contributed by atoms with Crippen LogP contribution in [-0.4, -0.2) is 19.7 Å². The molecule has 0 radical (unpaired) electrons. The second-order valence-electron chi connectivity index (χ2n) is 22.5. The zero-order valence-electron chi connectivity index (χ0n) is 55.5. The Bertz CT molecular complexity index is 4590. The Hall–Kier alpha value is -9.23. The van der Waals surface area contributed by atoms with Gasteiger partial charge >= 0.3 is 0 Å². The van der Waals surface area contributed by atoms with Crippen molar-refractivity contribution in [2.45, 2.75) is 52.4 Å². The van der Waals surface area contributed by atoms with E-state index < -0.39 is 49.7 Å². The molecule has 0 spiro atoms. The van der Waals surface area contributed by atoms with Gasteiger partial charge in [0.25, 0.3) is 0 Å². The molecule has 0 unspecified atom stereocenters. The molecule has 390 valence electrons. The Morgan fingerprint density at radius 3 is 1.68 bits per heavy atom. The molecule has 6 heteroatoms. The number of rotatable bonds is 10. The Morgan fingerprint density at radius 2 is 1.00 bits per heavy atom. The molecule has 2 aliphatic heterocycles. The first-order valence-electron chi connectivity index (χ1n) is 32.0. The lowest BCUT2D eigenvalue weighted by Crippen LogP contribution is -2.77. The Kier molecular flexibility index (Phi) is 10.1. The Labute approximate surface area is 486 Å². The maximum Gasteiger partial charge on any atom is 0.184 e. The maximum absolute atomic E-state index is 9.37. The molecule has 0 fully saturated rings. The number of pyridine rings is 1. The van der Waals surface area contributed by atoms with Gasteiger partial charge in [-0.2, -0.15) is 0 Å². The van der Waals surface area contributed by atoms with Crippen LogP contribution in [0.15, 0.2) is 267 Å². The predicted molar refractivity (Wildman–Crippen MR) is 338 cm³/mol. The summed E-state index contributed by atoms with van der Waals surface area (Å²) in [6.45, 7) is 13.0. The van der Waals surface area contributed by atoms with Crippen LogP contribution in [0, 0.1) is 0 Å². The number of hydrogen-bond donors (Lipinski definition) is 0. The van der Waals surface area contributed by atoms with E-state index in [9.17, 15) is 2.74 Å². The summed E-state index contributed by atoms with van der Waals surface area (Å²) in [6.07, 6.45) is 1.90. The summed E-state index contributed by atoms with van der Waals surface area (Å²) in [5, 5.41) is 4.94. The second kappa shape index (κ2) is 20.2. The molecule has 10 aromatic carbocycles. The van der Waals surface area contributed by atoms with Crippen molar-refractivity contribution in [3.8, 4) is 44.9 Å². The number of hydrogen-bond acceptors (Lipinski definition) is 5. The minimum Gasteiger partial charge on any atom is -0.457 e. The van der Waals surface area contributed by atoms with Gasteiger partial charge in [-0.15, -0.1) is 0 Å². The van der Waals surface area contributed by atoms with Crippen LogP contribution in [0.4, 0.5) is 39.9 Å². The van der Waals surface area contributed by atoms with Crippen molar-refractivity contribution in [3.63, 3.8) is 0 Å². The van der Waals surface area contributed by atoms with Crippen LogP contribution in [0.2, 0.25) is 0 Å². The lowest BCUT2D eigenvalue weighted by atomic mass is 9.82. The van der Waals surface area contributed by atoms with Gasteiger partial charge in [-0.05, 0) is 120 Å². The molecule has 11 aromatic rings. The fourth-order valence-corrected chi connectivity index (χ4v) is 16.7. The van der Waals surface area contributed by atoms with E-state index in [1.54, 1.807) is 12.1 Å². The molecular formula is C74H64N4OSi. The monoisotopic (exact) mass is 1060 g/mol. The Morgan fingerprint density at radius 1 is 0.438 bits per heavy atom. The smallest absolute Gasteiger partial charge is 0.184 e. The van der Waals surface area contributed by atoms with Gasteiger partial charge in [0.15, 0.2) is 8.07 Å². The summed E-state index contributed by atoms with van der Waals surface area (Å²) < 4.78 is 96.0. The molecule has 3 heterocycles. The van der Waals surface area contributed by atoms with E-state index in [-0.39, 0.29) is 47.4 Å². The summed E-state index contributed by atoms with van der Waals surface area (Å²) in [4.78, 5) is 11.7. The summed E-state index contributed by atoms with van der Waals surface area (Å²) >= 11 is 0. The molecule has 0 saturated carbocycles. The van der Waals surface area contributed by atoms with Crippen LogP contribution in [0.1, 0.15) is 66.4 Å². The van der Waals surface area contributed by atoms with Crippen LogP contribution in [-0.2, 0) is 10.8 Å². The van der Waals surface area contributed by atoms with Crippen LogP contribution < -0.4 is 40.2 Å². The van der Waals surface area contributed by atoms with E-state index in [0.29, 0.717) is 39.4 Å². The average Bonchev–Trinajstić information content (AvgIpc) is 0.792. The highest BCUT2D eigenvalue weighted by molar-refractivity contribution is 7.21. The number of benzene rings is 10. The van der Waals surface area contributed by atoms with Crippen molar-refractivity contribution in [2.75, 3.05) is 21.4 Å². The topological polar surface area (TPSA) is 31.8 Å². The van der Waals surface area contributed by atoms with Crippen molar-refractivity contribution in [3.05, 3.63) is 278 Å². The van der Waals surface area contributed by atoms with Gasteiger partial charge in [0.2, 0.25) is 0 Å². The van der Waals surface area contributed by atoms with E-state index in [1.807, 2.05) is 99.8 Å². The van der Waals surface area contributed by atoms with Gasteiger partial charge < -0.3 is 14.5 Å². The first-order chi connectivity index (χ1) is 43.1. The maximum atomic E-state index is 9.37. The van der Waals surface area contributed by atoms with Gasteiger partial charge in [0, 0.05) is 40.8 Å². The SMILES string of the molecule is [2H]c1c([2H])c([2H])c(-c2cc(-c3cccc(-c4c([2H])c([2H])c([2H])c([2H])c4[2H])c3N3CN(c4cccc(Oc5ccc6c(c5)N(c5cc(C(C)(C)C)ccn5)c5ccccc5[Si]6(c5ccccc5)c5ccccc5)c4)c4ccccc43)cc(C(C)(C)C)c2)c([2H])c1[2H]. The average molecular weight is 1060 g/mol. The minimum absolute atomic E-state index is 0.0132. The van der Waals surface area contributed by atoms with E-state index >= 15 is 0 Å². The molecule has 80 heavy (non-hydrogen) atoms. The molecule has 5 nitrogen and oxygen atoms in total. The third-order valence-corrected chi connectivity index (χ3v) is 20.4. The lowest BCUT2D eigenvalue weighted by molar-refractivity contribution is 0.483. The van der Waals surface area contributed by atoms with Crippen molar-refractivity contribution in [2.24, 2.45) is 0 Å². The first-order valence-corrected chi connectivity index (χ1v) is 29.0. The lowest BCUT2D eigenvalue weighted by Gasteiger charge is -2.44. The highest BCUT2D eigenvalue weighted by Crippen LogP contribution is 2.51. The van der Waals surface area contributed by atoms with Gasteiger partial charge in [-0.3, -0.25) is 4.90 Å². The highest BCUT2D eigenvalue weighted by Gasteiger charge is 2.49. The molecule has 0 bridgehead atoms. The van der Waals surface area contributed by atoms with Crippen LogP contribution in [0.25, 0.3) is 33.4 Å². The van der Waals surface area contributed by atoms with Gasteiger partial charge in [0.1, 0.15) is 24.0 Å². The molecule has 0 atom stereocenters. The third kappa shape index (κ3) is 8.96.